The third-order valence-electron chi connectivity index (χ3n) is 3.31. The molecule has 0 bridgehead atoms. The van der Waals surface area contributed by atoms with Crippen molar-refractivity contribution in [3.8, 4) is 0 Å². The predicted octanol–water partition coefficient (Wildman–Crippen LogP) is 2.67. The molecule has 2 N–H and O–H groups in total. The topological polar surface area (TPSA) is 76.1 Å². The highest BCUT2D eigenvalue weighted by molar-refractivity contribution is 8.01. The highest BCUT2D eigenvalue weighted by atomic mass is 32.2. The van der Waals surface area contributed by atoms with Gasteiger partial charge in [-0.05, 0) is 25.0 Å². The van der Waals surface area contributed by atoms with Crippen molar-refractivity contribution < 1.29 is 9.53 Å². The summed E-state index contributed by atoms with van der Waals surface area (Å²) >= 11 is 2.83. The van der Waals surface area contributed by atoms with E-state index in [0.29, 0.717) is 12.3 Å². The van der Waals surface area contributed by atoms with Crippen LogP contribution < -0.4 is 10.6 Å². The summed E-state index contributed by atoms with van der Waals surface area (Å²) in [6.45, 7) is 1.40. The van der Waals surface area contributed by atoms with Crippen molar-refractivity contribution in [3.05, 3.63) is 30.3 Å². The lowest BCUT2D eigenvalue weighted by Gasteiger charge is -2.09. The van der Waals surface area contributed by atoms with E-state index in [1.54, 1.807) is 0 Å². The van der Waals surface area contributed by atoms with Gasteiger partial charge in [0.05, 0.1) is 11.9 Å². The van der Waals surface area contributed by atoms with Gasteiger partial charge in [-0.25, -0.2) is 0 Å². The molecule has 0 spiro atoms. The Bertz CT molecular complexity index is 629. The summed E-state index contributed by atoms with van der Waals surface area (Å²) in [5.74, 6) is 0.338. The first-order chi connectivity index (χ1) is 11.3. The number of thioether (sulfide) groups is 1. The second-order valence-corrected chi connectivity index (χ2v) is 7.29. The van der Waals surface area contributed by atoms with Crippen LogP contribution in [0.15, 0.2) is 34.7 Å². The first-order valence-corrected chi connectivity index (χ1v) is 9.26. The number of anilines is 2. The molecule has 1 fully saturated rings. The van der Waals surface area contributed by atoms with Gasteiger partial charge in [0.25, 0.3) is 0 Å². The highest BCUT2D eigenvalue weighted by Crippen LogP contribution is 2.27. The summed E-state index contributed by atoms with van der Waals surface area (Å²) < 4.78 is 6.25. The number of para-hydroxylation sites is 1. The molecule has 1 aromatic heterocycles. The van der Waals surface area contributed by atoms with Crippen molar-refractivity contribution >= 4 is 39.8 Å². The molecule has 0 radical (unpaired) electrons. The molecule has 0 unspecified atom stereocenters. The first-order valence-electron chi connectivity index (χ1n) is 7.46. The fourth-order valence-corrected chi connectivity index (χ4v) is 3.78. The Kier molecular flexibility index (Phi) is 5.84. The van der Waals surface area contributed by atoms with Crippen molar-refractivity contribution in [3.63, 3.8) is 0 Å². The minimum absolute atomic E-state index is 0.00160. The smallest absolute Gasteiger partial charge is 0.230 e. The number of amides is 1. The normalized spacial score (nSPS) is 17.1. The molecule has 1 saturated heterocycles. The summed E-state index contributed by atoms with van der Waals surface area (Å²) in [5, 5.41) is 15.0. The maximum Gasteiger partial charge on any atom is 0.230 e. The summed E-state index contributed by atoms with van der Waals surface area (Å²) in [4.78, 5) is 11.8. The van der Waals surface area contributed by atoms with Crippen LogP contribution in [0.2, 0.25) is 0 Å². The van der Waals surface area contributed by atoms with Gasteiger partial charge < -0.3 is 15.4 Å². The highest BCUT2D eigenvalue weighted by Gasteiger charge is 2.16. The second kappa shape index (κ2) is 8.28. The van der Waals surface area contributed by atoms with Crippen LogP contribution in [0.3, 0.4) is 0 Å². The van der Waals surface area contributed by atoms with Crippen LogP contribution >= 0.6 is 23.1 Å². The molecule has 2 aromatic rings. The van der Waals surface area contributed by atoms with Crippen molar-refractivity contribution in [2.45, 2.75) is 23.3 Å². The molecule has 6 nitrogen and oxygen atoms in total. The number of nitrogens with zero attached hydrogens (tertiary/aromatic N) is 2. The van der Waals surface area contributed by atoms with Crippen LogP contribution in [0, 0.1) is 0 Å². The van der Waals surface area contributed by atoms with Gasteiger partial charge in [0.2, 0.25) is 11.0 Å². The molecule has 1 aromatic carbocycles. The number of hydrogen-bond donors (Lipinski definition) is 2. The summed E-state index contributed by atoms with van der Waals surface area (Å²) in [7, 11) is 0. The quantitative estimate of drug-likeness (QED) is 0.748. The number of nitrogens with one attached hydrogen (secondary N) is 2. The van der Waals surface area contributed by atoms with Crippen LogP contribution in [0.1, 0.15) is 12.8 Å². The van der Waals surface area contributed by atoms with Gasteiger partial charge in [0, 0.05) is 18.8 Å². The number of aromatic nitrogens is 2. The van der Waals surface area contributed by atoms with Gasteiger partial charge in [-0.3, -0.25) is 4.79 Å². The maximum absolute atomic E-state index is 11.8. The summed E-state index contributed by atoms with van der Waals surface area (Å²) in [6, 6.07) is 9.80. The van der Waals surface area contributed by atoms with E-state index in [9.17, 15) is 4.79 Å². The SMILES string of the molecule is O=C(CSc1nnc(Nc2ccccc2)s1)NC[C@@H]1CCCO1. The molecule has 1 amide bonds. The number of hydrogen-bond acceptors (Lipinski definition) is 7. The van der Waals surface area contributed by atoms with Gasteiger partial charge in [-0.1, -0.05) is 41.3 Å². The molecular weight excluding hydrogens is 332 g/mol. The van der Waals surface area contributed by atoms with Crippen LogP contribution in [-0.4, -0.2) is 41.1 Å². The van der Waals surface area contributed by atoms with Crippen LogP contribution in [0.4, 0.5) is 10.8 Å². The molecule has 23 heavy (non-hydrogen) atoms. The number of carbonyl (C=O) groups is 1. The Morgan fingerprint density at radius 2 is 2.22 bits per heavy atom. The molecular formula is C15H18N4O2S2. The van der Waals surface area contributed by atoms with E-state index in [1.807, 2.05) is 30.3 Å². The number of carbonyl (C=O) groups excluding carboxylic acids is 1. The van der Waals surface area contributed by atoms with Crippen molar-refractivity contribution in [1.29, 1.82) is 0 Å². The minimum atomic E-state index is -0.00160. The van der Waals surface area contributed by atoms with Crippen molar-refractivity contribution in [2.24, 2.45) is 0 Å². The van der Waals surface area contributed by atoms with E-state index in [-0.39, 0.29) is 12.0 Å². The Balaban J connectivity index is 1.41. The lowest BCUT2D eigenvalue weighted by atomic mass is 10.2. The van der Waals surface area contributed by atoms with Crippen LogP contribution in [0.25, 0.3) is 0 Å². The average molecular weight is 350 g/mol. The molecule has 8 heteroatoms. The molecule has 3 rings (SSSR count). The van der Waals surface area contributed by atoms with Crippen LogP contribution in [0.5, 0.6) is 0 Å². The van der Waals surface area contributed by atoms with E-state index < -0.39 is 0 Å². The van der Waals surface area contributed by atoms with Gasteiger partial charge in [0.1, 0.15) is 0 Å². The van der Waals surface area contributed by atoms with Crippen molar-refractivity contribution in [1.82, 2.24) is 15.5 Å². The number of rotatable bonds is 7. The molecule has 1 aliphatic rings. The standard InChI is InChI=1S/C15H18N4O2S2/c20-13(16-9-12-7-4-8-21-12)10-22-15-19-18-14(23-15)17-11-5-2-1-3-6-11/h1-3,5-6,12H,4,7-10H2,(H,16,20)(H,17,18)/t12-/m0/s1. The molecule has 1 atom stereocenters. The van der Waals surface area contributed by atoms with E-state index in [1.165, 1.54) is 23.1 Å². The average Bonchev–Trinajstić information content (AvgIpc) is 3.24. The van der Waals surface area contributed by atoms with Gasteiger partial charge >= 0.3 is 0 Å². The van der Waals surface area contributed by atoms with E-state index in [0.717, 1.165) is 34.6 Å². The number of ether oxygens (including phenoxy) is 1. The van der Waals surface area contributed by atoms with Crippen LogP contribution in [-0.2, 0) is 9.53 Å². The maximum atomic E-state index is 11.8. The molecule has 122 valence electrons. The third-order valence-corrected chi connectivity index (χ3v) is 5.28. The lowest BCUT2D eigenvalue weighted by Crippen LogP contribution is -2.32. The monoisotopic (exact) mass is 350 g/mol. The van der Waals surface area contributed by atoms with Gasteiger partial charge in [0.15, 0.2) is 4.34 Å². The summed E-state index contributed by atoms with van der Waals surface area (Å²) in [6.07, 6.45) is 2.28. The predicted molar refractivity (Wildman–Crippen MR) is 92.3 cm³/mol. The van der Waals surface area contributed by atoms with Gasteiger partial charge in [-0.15, -0.1) is 10.2 Å². The zero-order chi connectivity index (χ0) is 15.9. The largest absolute Gasteiger partial charge is 0.376 e. The zero-order valence-corrected chi connectivity index (χ0v) is 14.2. The fraction of sp³-hybridized carbons (Fsp3) is 0.400. The Morgan fingerprint density at radius 1 is 1.35 bits per heavy atom. The Labute approximate surface area is 143 Å². The summed E-state index contributed by atoms with van der Waals surface area (Å²) in [5.41, 5.74) is 0.967. The minimum Gasteiger partial charge on any atom is -0.376 e. The molecule has 2 heterocycles. The zero-order valence-electron chi connectivity index (χ0n) is 12.5. The number of benzene rings is 1. The van der Waals surface area contributed by atoms with E-state index >= 15 is 0 Å². The molecule has 0 aliphatic carbocycles. The second-order valence-electron chi connectivity index (χ2n) is 5.09. The Morgan fingerprint density at radius 3 is 3.00 bits per heavy atom. The fourth-order valence-electron chi connectivity index (χ4n) is 2.17. The molecule has 1 aliphatic heterocycles. The first kappa shape index (κ1) is 16.2. The lowest BCUT2D eigenvalue weighted by molar-refractivity contribution is -0.119. The third kappa shape index (κ3) is 5.19. The Hall–Kier alpha value is -1.64. The van der Waals surface area contributed by atoms with E-state index in [2.05, 4.69) is 20.8 Å². The van der Waals surface area contributed by atoms with E-state index in [4.69, 9.17) is 4.74 Å². The molecule has 0 saturated carbocycles. The van der Waals surface area contributed by atoms with Crippen molar-refractivity contribution in [2.75, 3.05) is 24.2 Å². The van der Waals surface area contributed by atoms with Gasteiger partial charge in [-0.2, -0.15) is 0 Å².